The van der Waals surface area contributed by atoms with Crippen LogP contribution in [-0.4, -0.2) is 74.8 Å². The summed E-state index contributed by atoms with van der Waals surface area (Å²) in [5.74, 6) is -1.10. The number of likely N-dealkylation sites (tertiary alicyclic amines) is 1. The largest absolute Gasteiger partial charge is 0.389 e. The lowest BCUT2D eigenvalue weighted by Gasteiger charge is -2.33. The van der Waals surface area contributed by atoms with Gasteiger partial charge < -0.3 is 25.6 Å². The SMILES string of the molecule is CC(C)(C)C(=O)C[C@@H](Cc1ccccc1)C(=O)N[C@@H](Cc1c[nH]cn1)C(=O)N[C@@H](CC1CCCCC1)[C@@H](O)CN1CCCC1=O. The number of rotatable bonds is 15. The molecule has 1 aromatic carbocycles. The molecule has 0 unspecified atom stereocenters. The average Bonchev–Trinajstić information content (AvgIpc) is 3.68. The molecule has 0 bridgehead atoms. The van der Waals surface area contributed by atoms with Crippen molar-refractivity contribution in [2.75, 3.05) is 13.1 Å². The molecule has 4 rings (SSSR count). The molecule has 45 heavy (non-hydrogen) atoms. The minimum Gasteiger partial charge on any atom is -0.389 e. The maximum Gasteiger partial charge on any atom is 0.243 e. The second-order valence-corrected chi connectivity index (χ2v) is 14.0. The Kier molecular flexibility index (Phi) is 12.3. The fraction of sp³-hybridized carbons (Fsp3) is 0.629. The molecule has 2 fully saturated rings. The first kappa shape index (κ1) is 34.3. The maximum absolute atomic E-state index is 14.0. The van der Waals surface area contributed by atoms with Crippen LogP contribution in [0.5, 0.6) is 0 Å². The summed E-state index contributed by atoms with van der Waals surface area (Å²) in [5, 5.41) is 17.4. The van der Waals surface area contributed by atoms with E-state index in [1.807, 2.05) is 51.1 Å². The summed E-state index contributed by atoms with van der Waals surface area (Å²) in [7, 11) is 0. The van der Waals surface area contributed by atoms with Crippen LogP contribution in [0.2, 0.25) is 0 Å². The number of benzene rings is 1. The minimum absolute atomic E-state index is 0.0229. The maximum atomic E-state index is 14.0. The summed E-state index contributed by atoms with van der Waals surface area (Å²) in [6.45, 7) is 6.30. The third-order valence-electron chi connectivity index (χ3n) is 9.25. The second-order valence-electron chi connectivity index (χ2n) is 14.0. The predicted molar refractivity (Wildman–Crippen MR) is 172 cm³/mol. The van der Waals surface area contributed by atoms with Gasteiger partial charge in [0.05, 0.1) is 24.2 Å². The molecule has 1 aliphatic carbocycles. The zero-order chi connectivity index (χ0) is 32.4. The van der Waals surface area contributed by atoms with Crippen molar-refractivity contribution in [2.45, 2.75) is 110 Å². The molecule has 2 aromatic rings. The number of carbonyl (C=O) groups excluding carboxylic acids is 4. The molecule has 2 aliphatic rings. The molecule has 4 N–H and O–H groups in total. The van der Waals surface area contributed by atoms with Gasteiger partial charge >= 0.3 is 0 Å². The number of hydrogen-bond acceptors (Lipinski definition) is 6. The third kappa shape index (κ3) is 10.5. The summed E-state index contributed by atoms with van der Waals surface area (Å²) in [6, 6.07) is 8.01. The smallest absolute Gasteiger partial charge is 0.243 e. The zero-order valence-electron chi connectivity index (χ0n) is 27.1. The predicted octanol–water partition coefficient (Wildman–Crippen LogP) is 3.74. The number of imidazole rings is 1. The van der Waals surface area contributed by atoms with Gasteiger partial charge in [0, 0.05) is 49.9 Å². The number of ketones is 1. The lowest BCUT2D eigenvalue weighted by molar-refractivity contribution is -0.135. The van der Waals surface area contributed by atoms with Gasteiger partial charge in [-0.1, -0.05) is 83.2 Å². The van der Waals surface area contributed by atoms with Crippen LogP contribution in [-0.2, 0) is 32.0 Å². The van der Waals surface area contributed by atoms with Gasteiger partial charge in [0.25, 0.3) is 0 Å². The molecule has 1 aromatic heterocycles. The van der Waals surface area contributed by atoms with Gasteiger partial charge in [-0.05, 0) is 30.7 Å². The lowest BCUT2D eigenvalue weighted by atomic mass is 9.83. The minimum atomic E-state index is -0.974. The number of carbonyl (C=O) groups is 4. The molecule has 10 heteroatoms. The van der Waals surface area contributed by atoms with Gasteiger partial charge in [0.2, 0.25) is 17.7 Å². The highest BCUT2D eigenvalue weighted by Crippen LogP contribution is 2.29. The first-order chi connectivity index (χ1) is 21.5. The Morgan fingerprint density at radius 3 is 2.38 bits per heavy atom. The number of β-amino-alcohol motifs (C(OH)–C–C–N with tert-alkyl or cyclic N) is 1. The van der Waals surface area contributed by atoms with Crippen LogP contribution in [0.4, 0.5) is 0 Å². The van der Waals surface area contributed by atoms with E-state index in [2.05, 4.69) is 20.6 Å². The molecule has 1 aliphatic heterocycles. The van der Waals surface area contributed by atoms with Crippen LogP contribution < -0.4 is 10.6 Å². The van der Waals surface area contributed by atoms with Gasteiger partial charge in [-0.15, -0.1) is 0 Å². The molecule has 1 saturated carbocycles. The van der Waals surface area contributed by atoms with Crippen molar-refractivity contribution in [1.29, 1.82) is 0 Å². The van der Waals surface area contributed by atoms with Gasteiger partial charge in [-0.2, -0.15) is 0 Å². The van der Waals surface area contributed by atoms with Crippen molar-refractivity contribution in [1.82, 2.24) is 25.5 Å². The highest BCUT2D eigenvalue weighted by atomic mass is 16.3. The topological polar surface area (TPSA) is 144 Å². The van der Waals surface area contributed by atoms with Crippen LogP contribution in [0.25, 0.3) is 0 Å². The first-order valence-corrected chi connectivity index (χ1v) is 16.6. The standard InChI is InChI=1S/C35H51N5O5/c1-35(2,3)31(42)19-26(17-24-11-6-4-7-12-24)33(44)39-29(20-27-21-36-23-37-27)34(45)38-28(18-25-13-8-5-9-14-25)30(41)22-40-16-10-15-32(40)43/h4,6-7,11-12,21,23,25-26,28-30,41H,5,8-10,13-20,22H2,1-3H3,(H,36,37)(H,38,45)(H,39,44)/t26-,28+,29+,30+/m1/s1. The fourth-order valence-corrected chi connectivity index (χ4v) is 6.42. The van der Waals surface area contributed by atoms with Crippen LogP contribution in [0.15, 0.2) is 42.9 Å². The molecule has 1 saturated heterocycles. The van der Waals surface area contributed by atoms with E-state index in [9.17, 15) is 24.3 Å². The fourth-order valence-electron chi connectivity index (χ4n) is 6.42. The number of hydrogen-bond donors (Lipinski definition) is 4. The van der Waals surface area contributed by atoms with Crippen molar-refractivity contribution in [3.63, 3.8) is 0 Å². The quantitative estimate of drug-likeness (QED) is 0.239. The Labute approximate surface area is 267 Å². The Bertz CT molecular complexity index is 1250. The number of nitrogens with one attached hydrogen (secondary N) is 3. The van der Waals surface area contributed by atoms with Crippen molar-refractivity contribution in [2.24, 2.45) is 17.3 Å². The van der Waals surface area contributed by atoms with Gasteiger partial charge in [0.15, 0.2) is 0 Å². The molecule has 246 valence electrons. The molecule has 3 amide bonds. The van der Waals surface area contributed by atoms with E-state index in [0.717, 1.165) is 37.7 Å². The van der Waals surface area contributed by atoms with Crippen molar-refractivity contribution in [3.8, 4) is 0 Å². The molecular weight excluding hydrogens is 570 g/mol. The van der Waals surface area contributed by atoms with Crippen molar-refractivity contribution >= 4 is 23.5 Å². The second kappa shape index (κ2) is 16.2. The molecule has 4 atom stereocenters. The van der Waals surface area contributed by atoms with Crippen LogP contribution in [0.1, 0.15) is 89.8 Å². The highest BCUT2D eigenvalue weighted by Gasteiger charge is 2.35. The van der Waals surface area contributed by atoms with Crippen LogP contribution in [0.3, 0.4) is 0 Å². The Balaban J connectivity index is 1.53. The number of aromatic nitrogens is 2. The Morgan fingerprint density at radius 1 is 1.02 bits per heavy atom. The van der Waals surface area contributed by atoms with Crippen LogP contribution >= 0.6 is 0 Å². The van der Waals surface area contributed by atoms with Crippen LogP contribution in [0, 0.1) is 17.3 Å². The lowest BCUT2D eigenvalue weighted by Crippen LogP contribution is -2.56. The Hall–Kier alpha value is -3.53. The van der Waals surface area contributed by atoms with E-state index in [-0.39, 0.29) is 37.0 Å². The van der Waals surface area contributed by atoms with Gasteiger partial charge in [0.1, 0.15) is 11.8 Å². The number of aromatic amines is 1. The van der Waals surface area contributed by atoms with E-state index in [4.69, 9.17) is 0 Å². The zero-order valence-corrected chi connectivity index (χ0v) is 27.1. The summed E-state index contributed by atoms with van der Waals surface area (Å²) in [4.78, 5) is 62.2. The number of aliphatic hydroxyl groups is 1. The van der Waals surface area contributed by atoms with E-state index in [0.29, 0.717) is 37.4 Å². The summed E-state index contributed by atoms with van der Waals surface area (Å²) in [5.41, 5.74) is 0.924. The molecule has 0 radical (unpaired) electrons. The van der Waals surface area contributed by atoms with Gasteiger partial charge in [-0.3, -0.25) is 19.2 Å². The van der Waals surface area contributed by atoms with Crippen molar-refractivity contribution < 1.29 is 24.3 Å². The van der Waals surface area contributed by atoms with E-state index in [1.165, 1.54) is 12.7 Å². The van der Waals surface area contributed by atoms with E-state index in [1.54, 1.807) is 11.1 Å². The molecule has 2 heterocycles. The van der Waals surface area contributed by atoms with Gasteiger partial charge in [-0.25, -0.2) is 4.98 Å². The summed E-state index contributed by atoms with van der Waals surface area (Å²) < 4.78 is 0. The van der Waals surface area contributed by atoms with E-state index >= 15 is 0 Å². The number of amides is 3. The summed E-state index contributed by atoms with van der Waals surface area (Å²) in [6.07, 6.45) is 10.2. The third-order valence-corrected chi connectivity index (χ3v) is 9.25. The average molecular weight is 622 g/mol. The normalized spacial score (nSPS) is 18.7. The molecule has 0 spiro atoms. The first-order valence-electron chi connectivity index (χ1n) is 16.6. The number of aliphatic hydroxyl groups excluding tert-OH is 1. The molecular formula is C35H51N5O5. The summed E-state index contributed by atoms with van der Waals surface area (Å²) >= 11 is 0. The number of H-pyrrole nitrogens is 1. The monoisotopic (exact) mass is 621 g/mol. The van der Waals surface area contributed by atoms with E-state index < -0.39 is 35.4 Å². The Morgan fingerprint density at radius 2 is 1.76 bits per heavy atom. The number of nitrogens with zero attached hydrogens (tertiary/aromatic N) is 2. The highest BCUT2D eigenvalue weighted by molar-refractivity contribution is 5.92. The van der Waals surface area contributed by atoms with Crippen molar-refractivity contribution in [3.05, 3.63) is 54.1 Å². The molecule has 10 nitrogen and oxygen atoms in total. The number of Topliss-reactive ketones (excluding diaryl/α,β-unsaturated/α-hetero) is 1.